The summed E-state index contributed by atoms with van der Waals surface area (Å²) in [6.45, 7) is 5.77. The Morgan fingerprint density at radius 1 is 1.18 bits per heavy atom. The number of nitrogens with zero attached hydrogens (tertiary/aromatic N) is 1. The molecule has 1 fully saturated rings. The van der Waals surface area contributed by atoms with Crippen LogP contribution in [-0.2, 0) is 9.59 Å². The van der Waals surface area contributed by atoms with E-state index >= 15 is 0 Å². The van der Waals surface area contributed by atoms with E-state index in [1.807, 2.05) is 29.2 Å². The van der Waals surface area contributed by atoms with Gasteiger partial charge in [-0.1, -0.05) is 0 Å². The minimum atomic E-state index is -0.0799. The Morgan fingerprint density at radius 3 is 2.32 bits per heavy atom. The molecular weight excluding hydrogens is 296 g/mol. The van der Waals surface area contributed by atoms with Crippen LogP contribution in [0.3, 0.4) is 0 Å². The van der Waals surface area contributed by atoms with Gasteiger partial charge >= 0.3 is 0 Å². The van der Waals surface area contributed by atoms with Crippen LogP contribution in [0.4, 0.5) is 5.69 Å². The lowest BCUT2D eigenvalue weighted by Crippen LogP contribution is -2.48. The van der Waals surface area contributed by atoms with Crippen molar-refractivity contribution >= 4 is 29.3 Å². The first-order chi connectivity index (χ1) is 10.5. The van der Waals surface area contributed by atoms with Gasteiger partial charge < -0.3 is 10.2 Å². The number of piperidine rings is 1. The summed E-state index contributed by atoms with van der Waals surface area (Å²) in [4.78, 5) is 26.5. The summed E-state index contributed by atoms with van der Waals surface area (Å²) in [7, 11) is 0. The van der Waals surface area contributed by atoms with Gasteiger partial charge in [-0.15, -0.1) is 11.8 Å². The quantitative estimate of drug-likeness (QED) is 0.864. The van der Waals surface area contributed by atoms with E-state index in [0.717, 1.165) is 23.4 Å². The molecule has 4 nitrogen and oxygen atoms in total. The maximum absolute atomic E-state index is 12.5. The number of benzene rings is 1. The minimum absolute atomic E-state index is 0.0799. The Balaban J connectivity index is 1.89. The van der Waals surface area contributed by atoms with E-state index in [-0.39, 0.29) is 11.8 Å². The van der Waals surface area contributed by atoms with Gasteiger partial charge in [-0.2, -0.15) is 0 Å². The highest BCUT2D eigenvalue weighted by Crippen LogP contribution is 2.26. The fourth-order valence-electron chi connectivity index (χ4n) is 2.97. The molecule has 2 amide bonds. The molecular formula is C17H24N2O2S. The third-order valence-corrected chi connectivity index (χ3v) is 5.02. The van der Waals surface area contributed by atoms with E-state index in [1.165, 1.54) is 13.3 Å². The van der Waals surface area contributed by atoms with Gasteiger partial charge in [0.1, 0.15) is 0 Å². The highest BCUT2D eigenvalue weighted by molar-refractivity contribution is 8.00. The number of carbonyl (C=O) groups is 2. The molecule has 5 heteroatoms. The van der Waals surface area contributed by atoms with Crippen LogP contribution in [0.2, 0.25) is 0 Å². The predicted octanol–water partition coefficient (Wildman–Crippen LogP) is 3.53. The lowest BCUT2D eigenvalue weighted by molar-refractivity contribution is -0.134. The number of likely N-dealkylation sites (tertiary alicyclic amines) is 1. The van der Waals surface area contributed by atoms with Crippen LogP contribution < -0.4 is 5.32 Å². The molecule has 1 saturated heterocycles. The largest absolute Gasteiger partial charge is 0.337 e. The molecule has 0 spiro atoms. The van der Waals surface area contributed by atoms with E-state index in [1.54, 1.807) is 11.8 Å². The molecule has 1 heterocycles. The van der Waals surface area contributed by atoms with Crippen molar-refractivity contribution in [2.45, 2.75) is 57.0 Å². The van der Waals surface area contributed by atoms with Crippen molar-refractivity contribution in [1.82, 2.24) is 4.90 Å². The molecule has 120 valence electrons. The molecule has 0 aliphatic carbocycles. The van der Waals surface area contributed by atoms with Crippen molar-refractivity contribution < 1.29 is 9.59 Å². The van der Waals surface area contributed by atoms with Crippen LogP contribution in [0.1, 0.15) is 40.0 Å². The summed E-state index contributed by atoms with van der Waals surface area (Å²) in [6, 6.07) is 8.29. The van der Waals surface area contributed by atoms with Crippen molar-refractivity contribution in [3.8, 4) is 0 Å². The van der Waals surface area contributed by atoms with Gasteiger partial charge in [0.25, 0.3) is 0 Å². The third kappa shape index (κ3) is 4.50. The second-order valence-corrected chi connectivity index (χ2v) is 6.97. The number of nitrogens with one attached hydrogen (secondary N) is 1. The van der Waals surface area contributed by atoms with Crippen molar-refractivity contribution in [3.05, 3.63) is 24.3 Å². The number of anilines is 1. The van der Waals surface area contributed by atoms with E-state index in [9.17, 15) is 9.59 Å². The van der Waals surface area contributed by atoms with Crippen molar-refractivity contribution in [2.24, 2.45) is 0 Å². The Hall–Kier alpha value is -1.49. The standard InChI is InChI=1S/C17H24N2O2S/c1-12-5-4-6-13(2)19(12)17(21)11-22-16-9-7-15(8-10-16)18-14(3)20/h7-10,12-13H,4-6,11H2,1-3H3,(H,18,20)/t12-,13-/m0/s1. The summed E-state index contributed by atoms with van der Waals surface area (Å²) in [5.74, 6) is 0.605. The van der Waals surface area contributed by atoms with E-state index < -0.39 is 0 Å². The zero-order valence-electron chi connectivity index (χ0n) is 13.5. The summed E-state index contributed by atoms with van der Waals surface area (Å²) in [5, 5.41) is 2.74. The fraction of sp³-hybridized carbons (Fsp3) is 0.529. The molecule has 1 N–H and O–H groups in total. The van der Waals surface area contributed by atoms with Crippen molar-refractivity contribution in [3.63, 3.8) is 0 Å². The van der Waals surface area contributed by atoms with E-state index in [2.05, 4.69) is 19.2 Å². The number of rotatable bonds is 4. The van der Waals surface area contributed by atoms with E-state index in [0.29, 0.717) is 17.8 Å². The zero-order valence-corrected chi connectivity index (χ0v) is 14.3. The maximum atomic E-state index is 12.5. The molecule has 2 atom stereocenters. The van der Waals surface area contributed by atoms with Crippen LogP contribution in [0.15, 0.2) is 29.2 Å². The number of hydrogen-bond acceptors (Lipinski definition) is 3. The monoisotopic (exact) mass is 320 g/mol. The number of thioether (sulfide) groups is 1. The second-order valence-electron chi connectivity index (χ2n) is 5.92. The summed E-state index contributed by atoms with van der Waals surface area (Å²) in [5.41, 5.74) is 0.779. The average molecular weight is 320 g/mol. The molecule has 0 bridgehead atoms. The Bertz CT molecular complexity index is 520. The Labute approximate surface area is 136 Å². The Morgan fingerprint density at radius 2 is 1.77 bits per heavy atom. The molecule has 1 aromatic rings. The van der Waals surface area contributed by atoms with Crippen LogP contribution in [0.25, 0.3) is 0 Å². The summed E-state index contributed by atoms with van der Waals surface area (Å²) in [6.07, 6.45) is 3.42. The smallest absolute Gasteiger partial charge is 0.233 e. The molecule has 0 radical (unpaired) electrons. The van der Waals surface area contributed by atoms with Crippen LogP contribution >= 0.6 is 11.8 Å². The topological polar surface area (TPSA) is 49.4 Å². The molecule has 1 aromatic carbocycles. The fourth-order valence-corrected chi connectivity index (χ4v) is 3.74. The molecule has 1 aliphatic rings. The minimum Gasteiger partial charge on any atom is -0.337 e. The second kappa shape index (κ2) is 7.68. The average Bonchev–Trinajstić information content (AvgIpc) is 2.46. The first kappa shape index (κ1) is 16.9. The molecule has 0 unspecified atom stereocenters. The first-order valence-corrected chi connectivity index (χ1v) is 8.77. The van der Waals surface area contributed by atoms with Gasteiger partial charge in [0.15, 0.2) is 0 Å². The van der Waals surface area contributed by atoms with Crippen molar-refractivity contribution in [1.29, 1.82) is 0 Å². The lowest BCUT2D eigenvalue weighted by Gasteiger charge is -2.39. The highest BCUT2D eigenvalue weighted by atomic mass is 32.2. The van der Waals surface area contributed by atoms with Gasteiger partial charge in [-0.3, -0.25) is 9.59 Å². The van der Waals surface area contributed by atoms with Gasteiger partial charge in [0.2, 0.25) is 11.8 Å². The SMILES string of the molecule is CC(=O)Nc1ccc(SCC(=O)N2[C@@H](C)CCC[C@@H]2C)cc1. The predicted molar refractivity (Wildman–Crippen MR) is 91.1 cm³/mol. The van der Waals surface area contributed by atoms with Crippen LogP contribution in [0, 0.1) is 0 Å². The number of carbonyl (C=O) groups excluding carboxylic acids is 2. The van der Waals surface area contributed by atoms with Gasteiger partial charge in [-0.05, 0) is 57.4 Å². The molecule has 1 aliphatic heterocycles. The Kier molecular flexibility index (Phi) is 5.89. The first-order valence-electron chi connectivity index (χ1n) is 7.79. The van der Waals surface area contributed by atoms with Gasteiger partial charge in [0.05, 0.1) is 5.75 Å². The summed E-state index contributed by atoms with van der Waals surface area (Å²) >= 11 is 1.55. The third-order valence-electron chi connectivity index (χ3n) is 4.02. The zero-order chi connectivity index (χ0) is 16.1. The van der Waals surface area contributed by atoms with Gasteiger partial charge in [0, 0.05) is 29.6 Å². The van der Waals surface area contributed by atoms with E-state index in [4.69, 9.17) is 0 Å². The number of amides is 2. The number of hydrogen-bond donors (Lipinski definition) is 1. The van der Waals surface area contributed by atoms with Crippen LogP contribution in [-0.4, -0.2) is 34.6 Å². The highest BCUT2D eigenvalue weighted by Gasteiger charge is 2.28. The lowest BCUT2D eigenvalue weighted by atomic mass is 9.98. The summed E-state index contributed by atoms with van der Waals surface area (Å²) < 4.78 is 0. The maximum Gasteiger partial charge on any atom is 0.233 e. The van der Waals surface area contributed by atoms with Crippen LogP contribution in [0.5, 0.6) is 0 Å². The normalized spacial score (nSPS) is 21.5. The molecule has 0 aromatic heterocycles. The molecule has 0 saturated carbocycles. The van der Waals surface area contributed by atoms with Gasteiger partial charge in [-0.25, -0.2) is 0 Å². The molecule has 22 heavy (non-hydrogen) atoms. The van der Waals surface area contributed by atoms with Crippen molar-refractivity contribution in [2.75, 3.05) is 11.1 Å². The molecule has 2 rings (SSSR count).